The first-order valence-corrected chi connectivity index (χ1v) is 5.26. The lowest BCUT2D eigenvalue weighted by molar-refractivity contribution is -0.121. The van der Waals surface area contributed by atoms with Crippen LogP contribution in [0.25, 0.3) is 0 Å². The number of amides is 2. The summed E-state index contributed by atoms with van der Waals surface area (Å²) in [5, 5.41) is 23.5. The summed E-state index contributed by atoms with van der Waals surface area (Å²) in [7, 11) is 0. The van der Waals surface area contributed by atoms with Crippen molar-refractivity contribution in [3.05, 3.63) is 12.3 Å². The first-order valence-electron chi connectivity index (χ1n) is 5.26. The van der Waals surface area contributed by atoms with Gasteiger partial charge in [-0.1, -0.05) is 0 Å². The van der Waals surface area contributed by atoms with Crippen LogP contribution in [0.3, 0.4) is 0 Å². The van der Waals surface area contributed by atoms with Crippen LogP contribution in [0.4, 0.5) is 0 Å². The van der Waals surface area contributed by atoms with Crippen LogP contribution in [0.1, 0.15) is 6.42 Å². The summed E-state index contributed by atoms with van der Waals surface area (Å²) in [4.78, 5) is 20.8. The Morgan fingerprint density at radius 2 is 2.35 bits per heavy atom. The van der Waals surface area contributed by atoms with E-state index in [0.29, 0.717) is 6.42 Å². The fourth-order valence-corrected chi connectivity index (χ4v) is 2.09. The lowest BCUT2D eigenvalue weighted by atomic mass is 10.2. The minimum atomic E-state index is -0.707. The fraction of sp³-hybridized carbons (Fsp3) is 0.600. The number of hydrogen-bond donors (Lipinski definition) is 4. The maximum atomic E-state index is 10.9. The molecule has 1 heterocycles. The van der Waals surface area contributed by atoms with Gasteiger partial charge in [-0.2, -0.15) is 0 Å². The van der Waals surface area contributed by atoms with E-state index in [9.17, 15) is 14.7 Å². The lowest BCUT2D eigenvalue weighted by Crippen LogP contribution is -2.37. The van der Waals surface area contributed by atoms with E-state index in [1.807, 2.05) is 5.32 Å². The van der Waals surface area contributed by atoms with E-state index < -0.39 is 23.8 Å². The molecule has 0 spiro atoms. The minimum absolute atomic E-state index is 0.0535. The Hall–Kier alpha value is -1.44. The Morgan fingerprint density at radius 1 is 1.59 bits per heavy atom. The van der Waals surface area contributed by atoms with Gasteiger partial charge in [-0.05, 0) is 6.42 Å². The standard InChI is InChI=1S/C10H14N2O5/c13-4-10-3-6(10)8(16)9(17-10)11-2-1-7(15)12-5-14/h1-2,5-6,8-9,11,13,16H,3-4H2,(H,12,14,15)/b2-1-/t6?,8?,9?,10-/m1/s1. The average molecular weight is 242 g/mol. The molecule has 4 atom stereocenters. The van der Waals surface area contributed by atoms with Gasteiger partial charge in [-0.15, -0.1) is 0 Å². The molecular weight excluding hydrogens is 228 g/mol. The number of hydrogen-bond acceptors (Lipinski definition) is 6. The highest BCUT2D eigenvalue weighted by Crippen LogP contribution is 2.55. The largest absolute Gasteiger partial charge is 0.393 e. The van der Waals surface area contributed by atoms with Crippen LogP contribution >= 0.6 is 0 Å². The molecule has 17 heavy (non-hydrogen) atoms. The van der Waals surface area contributed by atoms with Gasteiger partial charge in [-0.25, -0.2) is 0 Å². The number of aliphatic hydroxyl groups excluding tert-OH is 2. The molecule has 94 valence electrons. The molecule has 7 nitrogen and oxygen atoms in total. The Kier molecular flexibility index (Phi) is 3.14. The maximum absolute atomic E-state index is 10.9. The minimum Gasteiger partial charge on any atom is -0.393 e. The summed E-state index contributed by atoms with van der Waals surface area (Å²) in [5.41, 5.74) is -0.615. The number of carbonyl (C=O) groups is 2. The van der Waals surface area contributed by atoms with Crippen LogP contribution in [-0.2, 0) is 14.3 Å². The van der Waals surface area contributed by atoms with Gasteiger partial charge >= 0.3 is 0 Å². The van der Waals surface area contributed by atoms with Crippen molar-refractivity contribution < 1.29 is 24.5 Å². The van der Waals surface area contributed by atoms with Gasteiger partial charge in [0.1, 0.15) is 6.10 Å². The van der Waals surface area contributed by atoms with Gasteiger partial charge in [0.15, 0.2) is 6.23 Å². The molecule has 2 amide bonds. The molecule has 2 aliphatic rings. The zero-order valence-electron chi connectivity index (χ0n) is 9.00. The number of ether oxygens (including phenoxy) is 1. The monoisotopic (exact) mass is 242 g/mol. The van der Waals surface area contributed by atoms with Crippen molar-refractivity contribution in [2.75, 3.05) is 6.61 Å². The molecule has 0 aromatic rings. The second-order valence-corrected chi connectivity index (χ2v) is 4.19. The molecule has 1 aliphatic heterocycles. The van der Waals surface area contributed by atoms with E-state index in [1.165, 1.54) is 6.20 Å². The van der Waals surface area contributed by atoms with Crippen molar-refractivity contribution in [1.29, 1.82) is 0 Å². The summed E-state index contributed by atoms with van der Waals surface area (Å²) in [5.74, 6) is -0.621. The van der Waals surface area contributed by atoms with Gasteiger partial charge in [0, 0.05) is 18.2 Å². The Balaban J connectivity index is 1.81. The smallest absolute Gasteiger partial charge is 0.251 e. The molecule has 7 heteroatoms. The van der Waals surface area contributed by atoms with E-state index >= 15 is 0 Å². The molecule has 0 aromatic carbocycles. The quantitative estimate of drug-likeness (QED) is 0.323. The molecule has 1 aliphatic carbocycles. The van der Waals surface area contributed by atoms with E-state index in [4.69, 9.17) is 9.84 Å². The van der Waals surface area contributed by atoms with Gasteiger partial charge in [-0.3, -0.25) is 14.9 Å². The normalized spacial score (nSPS) is 38.8. The third kappa shape index (κ3) is 2.17. The fourth-order valence-electron chi connectivity index (χ4n) is 2.09. The molecule has 0 bridgehead atoms. The number of rotatable bonds is 5. The van der Waals surface area contributed by atoms with Crippen molar-refractivity contribution in [3.8, 4) is 0 Å². The lowest BCUT2D eigenvalue weighted by Gasteiger charge is -2.19. The third-order valence-corrected chi connectivity index (χ3v) is 3.13. The molecule has 2 fully saturated rings. The summed E-state index contributed by atoms with van der Waals surface area (Å²) >= 11 is 0. The van der Waals surface area contributed by atoms with E-state index in [0.717, 1.165) is 6.08 Å². The summed E-state index contributed by atoms with van der Waals surface area (Å²) in [6.07, 6.45) is 1.99. The van der Waals surface area contributed by atoms with Crippen LogP contribution in [0.5, 0.6) is 0 Å². The van der Waals surface area contributed by atoms with E-state index in [-0.39, 0.29) is 18.9 Å². The van der Waals surface area contributed by atoms with Crippen molar-refractivity contribution >= 4 is 12.3 Å². The van der Waals surface area contributed by atoms with Gasteiger partial charge in [0.25, 0.3) is 5.91 Å². The maximum Gasteiger partial charge on any atom is 0.251 e. The van der Waals surface area contributed by atoms with Crippen molar-refractivity contribution in [2.45, 2.75) is 24.4 Å². The predicted molar refractivity (Wildman–Crippen MR) is 55.3 cm³/mol. The molecule has 2 rings (SSSR count). The molecule has 0 radical (unpaired) electrons. The van der Waals surface area contributed by atoms with Crippen LogP contribution in [-0.4, -0.2) is 47.1 Å². The van der Waals surface area contributed by atoms with Crippen molar-refractivity contribution in [1.82, 2.24) is 10.6 Å². The van der Waals surface area contributed by atoms with E-state index in [2.05, 4.69) is 5.32 Å². The van der Waals surface area contributed by atoms with Crippen molar-refractivity contribution in [2.24, 2.45) is 5.92 Å². The predicted octanol–water partition coefficient (Wildman–Crippen LogP) is -2.17. The highest BCUT2D eigenvalue weighted by atomic mass is 16.6. The summed E-state index contributed by atoms with van der Waals surface area (Å²) in [6, 6.07) is 0. The Bertz CT molecular complexity index is 359. The first-order chi connectivity index (χ1) is 8.13. The number of aliphatic hydroxyl groups is 2. The zero-order chi connectivity index (χ0) is 12.5. The second-order valence-electron chi connectivity index (χ2n) is 4.19. The van der Waals surface area contributed by atoms with Crippen molar-refractivity contribution in [3.63, 3.8) is 0 Å². The highest BCUT2D eigenvalue weighted by Gasteiger charge is 2.66. The third-order valence-electron chi connectivity index (χ3n) is 3.13. The molecular formula is C10H14N2O5. The van der Waals surface area contributed by atoms with Crippen LogP contribution in [0, 0.1) is 5.92 Å². The zero-order valence-corrected chi connectivity index (χ0v) is 9.00. The van der Waals surface area contributed by atoms with Crippen LogP contribution in [0.15, 0.2) is 12.3 Å². The topological polar surface area (TPSA) is 108 Å². The average Bonchev–Trinajstić information content (AvgIpc) is 2.96. The summed E-state index contributed by atoms with van der Waals surface area (Å²) < 4.78 is 5.46. The number of fused-ring (bicyclic) bond motifs is 1. The Labute approximate surface area is 97.4 Å². The van der Waals surface area contributed by atoms with Gasteiger partial charge in [0.2, 0.25) is 6.41 Å². The number of carbonyl (C=O) groups excluding carboxylic acids is 2. The molecule has 1 saturated carbocycles. The first kappa shape index (κ1) is 12.0. The van der Waals surface area contributed by atoms with Crippen LogP contribution < -0.4 is 10.6 Å². The highest BCUT2D eigenvalue weighted by molar-refractivity contribution is 5.94. The molecule has 4 N–H and O–H groups in total. The molecule has 0 aromatic heterocycles. The number of nitrogens with one attached hydrogen (secondary N) is 2. The van der Waals surface area contributed by atoms with Gasteiger partial charge in [0.05, 0.1) is 12.2 Å². The second kappa shape index (κ2) is 4.44. The van der Waals surface area contributed by atoms with Crippen LogP contribution in [0.2, 0.25) is 0 Å². The number of imide groups is 1. The van der Waals surface area contributed by atoms with E-state index in [1.54, 1.807) is 0 Å². The van der Waals surface area contributed by atoms with Gasteiger partial charge < -0.3 is 20.3 Å². The Morgan fingerprint density at radius 3 is 2.94 bits per heavy atom. The SMILES string of the molecule is O=CNC(=O)/C=C\NC1O[C@@]2(CO)CC2C1O. The molecule has 1 saturated heterocycles. The molecule has 3 unspecified atom stereocenters. The summed E-state index contributed by atoms with van der Waals surface area (Å²) in [6.45, 7) is -0.123.